The standard InChI is InChI=1S/C24H25N3O3S2/c1-15-6-9-18(10-7-15)31-23-14-22-21(26(4)24(28)27(22)5)13-20(23)25-32(29,30)19-11-8-16(2)17(3)12-19/h6-14,25H,1-5H3. The van der Waals surface area contributed by atoms with Crippen LogP contribution in [0.4, 0.5) is 5.69 Å². The lowest BCUT2D eigenvalue weighted by atomic mass is 10.1. The number of hydrogen-bond donors (Lipinski definition) is 1. The highest BCUT2D eigenvalue weighted by Gasteiger charge is 2.20. The Kier molecular flexibility index (Phi) is 5.68. The number of rotatable bonds is 5. The number of hydrogen-bond acceptors (Lipinski definition) is 4. The molecule has 0 saturated heterocycles. The Labute approximate surface area is 191 Å². The van der Waals surface area contributed by atoms with Crippen LogP contribution in [0.25, 0.3) is 11.0 Å². The number of aryl methyl sites for hydroxylation is 5. The van der Waals surface area contributed by atoms with Crippen molar-refractivity contribution in [2.24, 2.45) is 14.1 Å². The Balaban J connectivity index is 1.85. The number of aromatic nitrogens is 2. The van der Waals surface area contributed by atoms with Crippen molar-refractivity contribution in [2.45, 2.75) is 35.5 Å². The summed E-state index contributed by atoms with van der Waals surface area (Å²) in [7, 11) is -0.425. The molecule has 0 aliphatic rings. The lowest BCUT2D eigenvalue weighted by molar-refractivity contribution is 0.601. The fraction of sp³-hybridized carbons (Fsp3) is 0.208. The van der Waals surface area contributed by atoms with Gasteiger partial charge in [0.2, 0.25) is 0 Å². The lowest BCUT2D eigenvalue weighted by Gasteiger charge is -2.14. The number of sulfonamides is 1. The molecular weight excluding hydrogens is 442 g/mol. The maximum Gasteiger partial charge on any atom is 0.328 e. The van der Waals surface area contributed by atoms with Gasteiger partial charge in [0.1, 0.15) is 0 Å². The highest BCUT2D eigenvalue weighted by molar-refractivity contribution is 7.99. The van der Waals surface area contributed by atoms with Gasteiger partial charge in [0.25, 0.3) is 10.0 Å². The van der Waals surface area contributed by atoms with Crippen molar-refractivity contribution in [2.75, 3.05) is 4.72 Å². The summed E-state index contributed by atoms with van der Waals surface area (Å²) in [5.41, 5.74) is 4.74. The predicted octanol–water partition coefficient (Wildman–Crippen LogP) is 4.75. The second kappa shape index (κ2) is 8.18. The molecule has 6 nitrogen and oxygen atoms in total. The summed E-state index contributed by atoms with van der Waals surface area (Å²) in [6.45, 7) is 5.85. The SMILES string of the molecule is Cc1ccc(Sc2cc3c(cc2NS(=O)(=O)c2ccc(C)c(C)c2)n(C)c(=O)n3C)cc1. The first-order chi connectivity index (χ1) is 15.1. The molecule has 3 aromatic carbocycles. The topological polar surface area (TPSA) is 73.1 Å². The lowest BCUT2D eigenvalue weighted by Crippen LogP contribution is -2.19. The second-order valence-corrected chi connectivity index (χ2v) is 10.8. The van der Waals surface area contributed by atoms with Crippen molar-refractivity contribution in [1.29, 1.82) is 0 Å². The molecule has 0 aliphatic carbocycles. The molecule has 4 rings (SSSR count). The molecule has 0 spiro atoms. The number of anilines is 1. The van der Waals surface area contributed by atoms with E-state index in [2.05, 4.69) is 4.72 Å². The molecule has 1 heterocycles. The van der Waals surface area contributed by atoms with Gasteiger partial charge in [-0.15, -0.1) is 0 Å². The van der Waals surface area contributed by atoms with Crippen molar-refractivity contribution < 1.29 is 8.42 Å². The van der Waals surface area contributed by atoms with Gasteiger partial charge < -0.3 is 0 Å². The summed E-state index contributed by atoms with van der Waals surface area (Å²) in [6.07, 6.45) is 0. The quantitative estimate of drug-likeness (QED) is 0.460. The van der Waals surface area contributed by atoms with E-state index in [-0.39, 0.29) is 10.6 Å². The maximum atomic E-state index is 13.2. The molecule has 0 aliphatic heterocycles. The average molecular weight is 468 g/mol. The Bertz CT molecular complexity index is 1500. The molecule has 166 valence electrons. The Morgan fingerprint density at radius 1 is 0.812 bits per heavy atom. The molecule has 0 unspecified atom stereocenters. The van der Waals surface area contributed by atoms with E-state index in [0.29, 0.717) is 11.2 Å². The van der Waals surface area contributed by atoms with E-state index in [4.69, 9.17) is 0 Å². The average Bonchev–Trinajstić information content (AvgIpc) is 2.95. The van der Waals surface area contributed by atoms with Gasteiger partial charge in [0.05, 0.1) is 21.6 Å². The third-order valence-corrected chi connectivity index (χ3v) is 8.08. The zero-order chi connectivity index (χ0) is 23.2. The van der Waals surface area contributed by atoms with Crippen molar-refractivity contribution >= 4 is 38.5 Å². The zero-order valence-corrected chi connectivity index (χ0v) is 20.3. The first kappa shape index (κ1) is 22.2. The molecule has 32 heavy (non-hydrogen) atoms. The Morgan fingerprint density at radius 2 is 1.44 bits per heavy atom. The largest absolute Gasteiger partial charge is 0.328 e. The number of fused-ring (bicyclic) bond motifs is 1. The van der Waals surface area contributed by atoms with Crippen LogP contribution in [0, 0.1) is 20.8 Å². The normalized spacial score (nSPS) is 11.8. The van der Waals surface area contributed by atoms with Crippen LogP contribution in [0.1, 0.15) is 16.7 Å². The molecule has 8 heteroatoms. The van der Waals surface area contributed by atoms with Crippen LogP contribution >= 0.6 is 11.8 Å². The number of imidazole rings is 1. The highest BCUT2D eigenvalue weighted by atomic mass is 32.2. The predicted molar refractivity (Wildman–Crippen MR) is 130 cm³/mol. The van der Waals surface area contributed by atoms with Crippen LogP contribution in [0.15, 0.2) is 74.1 Å². The molecule has 1 N–H and O–H groups in total. The van der Waals surface area contributed by atoms with E-state index < -0.39 is 10.0 Å². The van der Waals surface area contributed by atoms with Crippen molar-refractivity contribution in [1.82, 2.24) is 9.13 Å². The van der Waals surface area contributed by atoms with Gasteiger partial charge in [-0.1, -0.05) is 35.5 Å². The van der Waals surface area contributed by atoms with Crippen molar-refractivity contribution in [3.05, 3.63) is 81.8 Å². The summed E-state index contributed by atoms with van der Waals surface area (Å²) < 4.78 is 32.3. The van der Waals surface area contributed by atoms with Crippen LogP contribution in [-0.4, -0.2) is 17.6 Å². The van der Waals surface area contributed by atoms with Gasteiger partial charge in [0, 0.05) is 23.9 Å². The van der Waals surface area contributed by atoms with E-state index in [1.807, 2.05) is 51.1 Å². The summed E-state index contributed by atoms with van der Waals surface area (Å²) in [5, 5.41) is 0. The molecule has 4 aromatic rings. The first-order valence-electron chi connectivity index (χ1n) is 10.1. The molecule has 0 saturated carbocycles. The first-order valence-corrected chi connectivity index (χ1v) is 12.4. The summed E-state index contributed by atoms with van der Waals surface area (Å²) in [6, 6.07) is 16.7. The van der Waals surface area contributed by atoms with Crippen LogP contribution in [0.3, 0.4) is 0 Å². The summed E-state index contributed by atoms with van der Waals surface area (Å²) in [4.78, 5) is 14.4. The molecule has 1 aromatic heterocycles. The van der Waals surface area contributed by atoms with Crippen LogP contribution in [-0.2, 0) is 24.1 Å². The minimum Gasteiger partial charge on any atom is -0.295 e. The van der Waals surface area contributed by atoms with Gasteiger partial charge in [-0.25, -0.2) is 13.2 Å². The van der Waals surface area contributed by atoms with E-state index in [9.17, 15) is 13.2 Å². The molecule has 0 fully saturated rings. The van der Waals surface area contributed by atoms with E-state index in [1.54, 1.807) is 42.9 Å². The second-order valence-electron chi connectivity index (χ2n) is 8.00. The van der Waals surface area contributed by atoms with Gasteiger partial charge in [-0.2, -0.15) is 0 Å². The van der Waals surface area contributed by atoms with Gasteiger partial charge >= 0.3 is 5.69 Å². The van der Waals surface area contributed by atoms with E-state index >= 15 is 0 Å². The zero-order valence-electron chi connectivity index (χ0n) is 18.6. The monoisotopic (exact) mass is 467 g/mol. The number of nitrogens with zero attached hydrogens (tertiary/aromatic N) is 2. The number of benzene rings is 3. The maximum absolute atomic E-state index is 13.2. The molecular formula is C24H25N3O3S2. The van der Waals surface area contributed by atoms with Crippen LogP contribution < -0.4 is 10.4 Å². The minimum absolute atomic E-state index is 0.166. The third-order valence-electron chi connectivity index (χ3n) is 5.66. The minimum atomic E-state index is -3.82. The smallest absolute Gasteiger partial charge is 0.295 e. The third kappa shape index (κ3) is 4.08. The van der Waals surface area contributed by atoms with Crippen LogP contribution in [0.2, 0.25) is 0 Å². The Hall–Kier alpha value is -2.97. The van der Waals surface area contributed by atoms with E-state index in [0.717, 1.165) is 32.0 Å². The van der Waals surface area contributed by atoms with E-state index in [1.165, 1.54) is 16.3 Å². The fourth-order valence-electron chi connectivity index (χ4n) is 3.51. The van der Waals surface area contributed by atoms with Crippen molar-refractivity contribution in [3.8, 4) is 0 Å². The van der Waals surface area contributed by atoms with Gasteiger partial charge in [0.15, 0.2) is 0 Å². The van der Waals surface area contributed by atoms with Gasteiger partial charge in [-0.05, 0) is 68.3 Å². The molecule has 0 atom stereocenters. The summed E-state index contributed by atoms with van der Waals surface area (Å²) >= 11 is 1.45. The highest BCUT2D eigenvalue weighted by Crippen LogP contribution is 2.37. The number of nitrogens with one attached hydrogen (secondary N) is 1. The van der Waals surface area contributed by atoms with Gasteiger partial charge in [-0.3, -0.25) is 13.9 Å². The van der Waals surface area contributed by atoms with Crippen LogP contribution in [0.5, 0.6) is 0 Å². The van der Waals surface area contributed by atoms with Crippen molar-refractivity contribution in [3.63, 3.8) is 0 Å². The molecule has 0 radical (unpaired) electrons. The molecule has 0 amide bonds. The fourth-order valence-corrected chi connectivity index (χ4v) is 5.64. The summed E-state index contributed by atoms with van der Waals surface area (Å²) in [5.74, 6) is 0. The Morgan fingerprint density at radius 3 is 2.06 bits per heavy atom. The molecule has 0 bridgehead atoms.